The van der Waals surface area contributed by atoms with E-state index in [0.29, 0.717) is 18.0 Å². The van der Waals surface area contributed by atoms with Gasteiger partial charge >= 0.3 is 0 Å². The molecular formula is C20H23FN2O2S. The van der Waals surface area contributed by atoms with Crippen molar-refractivity contribution in [1.29, 1.82) is 0 Å². The second-order valence-electron chi connectivity index (χ2n) is 7.25. The molecule has 1 saturated carbocycles. The lowest BCUT2D eigenvalue weighted by Gasteiger charge is -2.41. The van der Waals surface area contributed by atoms with Crippen LogP contribution in [-0.4, -0.2) is 38.3 Å². The minimum Gasteiger partial charge on any atom is -0.313 e. The molecule has 6 heteroatoms. The fraction of sp³-hybridized carbons (Fsp3) is 0.400. The van der Waals surface area contributed by atoms with Crippen molar-refractivity contribution < 1.29 is 12.8 Å². The number of halogens is 1. The molecule has 1 saturated heterocycles. The Balaban J connectivity index is 1.71. The SMILES string of the molecule is Cc1ccc(S(=O)(=O)C2CNCCN2C2(c3ccc(F)cc3)CC2)cc1. The largest absolute Gasteiger partial charge is 0.313 e. The lowest BCUT2D eigenvalue weighted by Crippen LogP contribution is -2.58. The van der Waals surface area contributed by atoms with Crippen LogP contribution >= 0.6 is 0 Å². The quantitative estimate of drug-likeness (QED) is 0.894. The van der Waals surface area contributed by atoms with Crippen LogP contribution in [0.15, 0.2) is 53.4 Å². The molecule has 2 fully saturated rings. The highest BCUT2D eigenvalue weighted by atomic mass is 32.2. The van der Waals surface area contributed by atoms with Crippen molar-refractivity contribution in [3.05, 3.63) is 65.5 Å². The van der Waals surface area contributed by atoms with Gasteiger partial charge in [-0.25, -0.2) is 12.8 Å². The summed E-state index contributed by atoms with van der Waals surface area (Å²) < 4.78 is 40.0. The minimum atomic E-state index is -3.50. The predicted molar refractivity (Wildman–Crippen MR) is 99.0 cm³/mol. The van der Waals surface area contributed by atoms with E-state index in [1.54, 1.807) is 24.3 Å². The maximum atomic E-state index is 13.3. The molecule has 0 spiro atoms. The Labute approximate surface area is 153 Å². The highest BCUT2D eigenvalue weighted by Gasteiger charge is 2.54. The third kappa shape index (κ3) is 2.96. The van der Waals surface area contributed by atoms with E-state index in [1.165, 1.54) is 12.1 Å². The summed E-state index contributed by atoms with van der Waals surface area (Å²) in [5.41, 5.74) is 1.75. The van der Waals surface area contributed by atoms with Crippen molar-refractivity contribution in [3.8, 4) is 0 Å². The fourth-order valence-corrected chi connectivity index (χ4v) is 5.76. The molecule has 0 amide bonds. The minimum absolute atomic E-state index is 0.270. The molecule has 26 heavy (non-hydrogen) atoms. The monoisotopic (exact) mass is 374 g/mol. The van der Waals surface area contributed by atoms with E-state index in [0.717, 1.165) is 30.5 Å². The Bertz CT molecular complexity index is 890. The van der Waals surface area contributed by atoms with E-state index < -0.39 is 15.2 Å². The van der Waals surface area contributed by atoms with Crippen LogP contribution < -0.4 is 5.32 Å². The molecule has 1 heterocycles. The predicted octanol–water partition coefficient (Wildman–Crippen LogP) is 2.83. The second kappa shape index (κ2) is 6.44. The molecule has 1 unspecified atom stereocenters. The van der Waals surface area contributed by atoms with Crippen LogP contribution in [0.4, 0.5) is 4.39 Å². The Hall–Kier alpha value is -1.76. The van der Waals surface area contributed by atoms with Gasteiger partial charge in [0, 0.05) is 25.2 Å². The maximum absolute atomic E-state index is 13.3. The van der Waals surface area contributed by atoms with Gasteiger partial charge in [-0.3, -0.25) is 4.90 Å². The summed E-state index contributed by atoms with van der Waals surface area (Å²) in [7, 11) is -3.50. The van der Waals surface area contributed by atoms with Crippen LogP contribution in [-0.2, 0) is 15.4 Å². The number of aryl methyl sites for hydroxylation is 1. The summed E-state index contributed by atoms with van der Waals surface area (Å²) in [4.78, 5) is 2.48. The molecule has 1 N–H and O–H groups in total. The zero-order valence-corrected chi connectivity index (χ0v) is 15.6. The Morgan fingerprint density at radius 2 is 1.73 bits per heavy atom. The van der Waals surface area contributed by atoms with Crippen molar-refractivity contribution in [2.24, 2.45) is 0 Å². The fourth-order valence-electron chi connectivity index (χ4n) is 3.95. The van der Waals surface area contributed by atoms with Gasteiger partial charge in [0.25, 0.3) is 0 Å². The summed E-state index contributed by atoms with van der Waals surface area (Å²) in [5.74, 6) is -0.270. The average molecular weight is 374 g/mol. The van der Waals surface area contributed by atoms with Crippen LogP contribution in [0.1, 0.15) is 24.0 Å². The highest BCUT2D eigenvalue weighted by Crippen LogP contribution is 2.52. The van der Waals surface area contributed by atoms with Crippen LogP contribution in [0, 0.1) is 12.7 Å². The maximum Gasteiger partial charge on any atom is 0.195 e. The van der Waals surface area contributed by atoms with Crippen LogP contribution in [0.25, 0.3) is 0 Å². The van der Waals surface area contributed by atoms with E-state index >= 15 is 0 Å². The highest BCUT2D eigenvalue weighted by molar-refractivity contribution is 7.92. The number of benzene rings is 2. The molecule has 2 aromatic carbocycles. The zero-order valence-electron chi connectivity index (χ0n) is 14.8. The van der Waals surface area contributed by atoms with Gasteiger partial charge in [-0.05, 0) is 49.6 Å². The van der Waals surface area contributed by atoms with Crippen molar-refractivity contribution in [3.63, 3.8) is 0 Å². The zero-order chi connectivity index (χ0) is 18.4. The lowest BCUT2D eigenvalue weighted by atomic mass is 10.0. The van der Waals surface area contributed by atoms with E-state index in [-0.39, 0.29) is 11.4 Å². The molecule has 0 aromatic heterocycles. The lowest BCUT2D eigenvalue weighted by molar-refractivity contribution is 0.130. The molecule has 138 valence electrons. The van der Waals surface area contributed by atoms with Crippen LogP contribution in [0.5, 0.6) is 0 Å². The molecule has 2 aliphatic rings. The van der Waals surface area contributed by atoms with E-state index in [2.05, 4.69) is 10.2 Å². The van der Waals surface area contributed by atoms with E-state index in [4.69, 9.17) is 0 Å². The molecule has 4 nitrogen and oxygen atoms in total. The smallest absolute Gasteiger partial charge is 0.195 e. The first-order chi connectivity index (χ1) is 12.4. The summed E-state index contributed by atoms with van der Waals surface area (Å²) in [6.07, 6.45) is 1.80. The summed E-state index contributed by atoms with van der Waals surface area (Å²) in [6, 6.07) is 13.5. The molecule has 1 atom stereocenters. The first kappa shape index (κ1) is 17.6. The number of sulfone groups is 1. The van der Waals surface area contributed by atoms with Gasteiger partial charge in [-0.1, -0.05) is 29.8 Å². The van der Waals surface area contributed by atoms with Crippen molar-refractivity contribution in [1.82, 2.24) is 10.2 Å². The summed E-state index contributed by atoms with van der Waals surface area (Å²) in [5, 5.41) is 2.61. The number of nitrogens with one attached hydrogen (secondary N) is 1. The van der Waals surface area contributed by atoms with Gasteiger partial charge in [-0.15, -0.1) is 0 Å². The number of piperazine rings is 1. The van der Waals surface area contributed by atoms with Gasteiger partial charge in [0.05, 0.1) is 4.90 Å². The van der Waals surface area contributed by atoms with Gasteiger partial charge in [0.1, 0.15) is 11.2 Å². The number of rotatable bonds is 4. The van der Waals surface area contributed by atoms with Gasteiger partial charge in [0.2, 0.25) is 0 Å². The molecular weight excluding hydrogens is 351 g/mol. The molecule has 0 radical (unpaired) electrons. The Morgan fingerprint density at radius 3 is 2.35 bits per heavy atom. The number of hydrogen-bond acceptors (Lipinski definition) is 4. The van der Waals surface area contributed by atoms with Crippen molar-refractivity contribution in [2.75, 3.05) is 19.6 Å². The third-order valence-electron chi connectivity index (χ3n) is 5.56. The molecule has 4 rings (SSSR count). The Morgan fingerprint density at radius 1 is 1.08 bits per heavy atom. The molecule has 1 aliphatic heterocycles. The third-order valence-corrected chi connectivity index (χ3v) is 7.63. The molecule has 0 bridgehead atoms. The summed E-state index contributed by atoms with van der Waals surface area (Å²) >= 11 is 0. The number of hydrogen-bond donors (Lipinski definition) is 1. The summed E-state index contributed by atoms with van der Waals surface area (Å²) in [6.45, 7) is 3.76. The number of nitrogens with zero attached hydrogens (tertiary/aromatic N) is 1. The van der Waals surface area contributed by atoms with Gasteiger partial charge in [-0.2, -0.15) is 0 Å². The normalized spacial score (nSPS) is 22.9. The molecule has 2 aromatic rings. The Kier molecular flexibility index (Phi) is 4.37. The second-order valence-corrected chi connectivity index (χ2v) is 9.35. The first-order valence-electron chi connectivity index (χ1n) is 8.98. The molecule has 1 aliphatic carbocycles. The van der Waals surface area contributed by atoms with E-state index in [1.807, 2.05) is 19.1 Å². The average Bonchev–Trinajstić information content (AvgIpc) is 3.44. The first-order valence-corrected chi connectivity index (χ1v) is 10.5. The van der Waals surface area contributed by atoms with Crippen molar-refractivity contribution in [2.45, 2.75) is 35.6 Å². The van der Waals surface area contributed by atoms with E-state index in [9.17, 15) is 12.8 Å². The van der Waals surface area contributed by atoms with Gasteiger partial charge in [0.15, 0.2) is 9.84 Å². The topological polar surface area (TPSA) is 49.4 Å². The standard InChI is InChI=1S/C20H23FN2O2S/c1-15-2-8-18(9-3-15)26(24,25)19-14-22-12-13-23(19)20(10-11-20)16-4-6-17(21)7-5-16/h2-9,19,22H,10-14H2,1H3. The van der Waals surface area contributed by atoms with Gasteiger partial charge < -0.3 is 5.32 Å². The van der Waals surface area contributed by atoms with Crippen LogP contribution in [0.3, 0.4) is 0 Å². The van der Waals surface area contributed by atoms with Crippen LogP contribution in [0.2, 0.25) is 0 Å². The van der Waals surface area contributed by atoms with Crippen molar-refractivity contribution >= 4 is 9.84 Å².